The summed E-state index contributed by atoms with van der Waals surface area (Å²) in [5.74, 6) is -0.867. The number of phenols is 1. The van der Waals surface area contributed by atoms with E-state index in [9.17, 15) is 14.7 Å². The second-order valence-electron chi connectivity index (χ2n) is 3.68. The Morgan fingerprint density at radius 1 is 1.28 bits per heavy atom. The number of ether oxygens (including phenoxy) is 1. The number of rotatable bonds is 4. The van der Waals surface area contributed by atoms with Crippen LogP contribution in [-0.4, -0.2) is 29.1 Å². The highest BCUT2D eigenvalue weighted by atomic mass is 16.5. The van der Waals surface area contributed by atoms with Crippen molar-refractivity contribution < 1.29 is 24.5 Å². The highest BCUT2D eigenvalue weighted by Gasteiger charge is 2.08. The molecular formula is C13H10O5. The van der Waals surface area contributed by atoms with Crippen molar-refractivity contribution in [2.75, 3.05) is 6.61 Å². The molecule has 5 heteroatoms. The first-order chi connectivity index (χ1) is 8.61. The number of hydrogen-bond acceptors (Lipinski definition) is 4. The Morgan fingerprint density at radius 2 is 2.00 bits per heavy atom. The van der Waals surface area contributed by atoms with Gasteiger partial charge in [0.1, 0.15) is 11.5 Å². The second-order valence-corrected chi connectivity index (χ2v) is 3.68. The molecule has 0 aliphatic rings. The van der Waals surface area contributed by atoms with Gasteiger partial charge in [-0.05, 0) is 29.0 Å². The minimum absolute atomic E-state index is 0.118. The Labute approximate surface area is 102 Å². The van der Waals surface area contributed by atoms with E-state index in [1.54, 1.807) is 18.2 Å². The predicted molar refractivity (Wildman–Crippen MR) is 64.1 cm³/mol. The molecular weight excluding hydrogens is 236 g/mol. The maximum atomic E-state index is 10.9. The van der Waals surface area contributed by atoms with Crippen LogP contribution in [0.2, 0.25) is 0 Å². The van der Waals surface area contributed by atoms with Crippen molar-refractivity contribution in [1.29, 1.82) is 0 Å². The van der Waals surface area contributed by atoms with Gasteiger partial charge >= 0.3 is 5.97 Å². The zero-order valence-corrected chi connectivity index (χ0v) is 9.29. The maximum Gasteiger partial charge on any atom is 0.341 e. The molecule has 2 rings (SSSR count). The summed E-state index contributed by atoms with van der Waals surface area (Å²) in [6.07, 6.45) is 0.554. The average molecular weight is 246 g/mol. The van der Waals surface area contributed by atoms with E-state index in [1.165, 1.54) is 12.1 Å². The van der Waals surface area contributed by atoms with Crippen molar-refractivity contribution in [2.45, 2.75) is 0 Å². The third-order valence-corrected chi connectivity index (χ3v) is 2.49. The zero-order chi connectivity index (χ0) is 13.1. The van der Waals surface area contributed by atoms with E-state index in [2.05, 4.69) is 0 Å². The summed E-state index contributed by atoms with van der Waals surface area (Å²) in [6, 6.07) is 7.93. The van der Waals surface area contributed by atoms with Crippen LogP contribution in [0.15, 0.2) is 30.3 Å². The molecule has 0 aliphatic heterocycles. The van der Waals surface area contributed by atoms with Crippen LogP contribution in [0.5, 0.6) is 11.5 Å². The summed E-state index contributed by atoms with van der Waals surface area (Å²) >= 11 is 0. The Kier molecular flexibility index (Phi) is 3.14. The van der Waals surface area contributed by atoms with Crippen LogP contribution in [-0.2, 0) is 4.79 Å². The molecule has 0 spiro atoms. The maximum absolute atomic E-state index is 10.9. The Balaban J connectivity index is 2.48. The second kappa shape index (κ2) is 4.75. The van der Waals surface area contributed by atoms with Gasteiger partial charge in [-0.3, -0.25) is 4.79 Å². The molecule has 0 heterocycles. The van der Waals surface area contributed by atoms with Crippen molar-refractivity contribution in [3.8, 4) is 11.5 Å². The monoisotopic (exact) mass is 246 g/mol. The van der Waals surface area contributed by atoms with Gasteiger partial charge in [0.25, 0.3) is 0 Å². The van der Waals surface area contributed by atoms with Gasteiger partial charge in [0.05, 0.1) is 5.56 Å². The largest absolute Gasteiger partial charge is 0.507 e. The van der Waals surface area contributed by atoms with Crippen molar-refractivity contribution in [1.82, 2.24) is 0 Å². The van der Waals surface area contributed by atoms with Gasteiger partial charge in [-0.15, -0.1) is 0 Å². The fourth-order valence-corrected chi connectivity index (χ4v) is 1.67. The van der Waals surface area contributed by atoms with Gasteiger partial charge in [0.15, 0.2) is 12.9 Å². The lowest BCUT2D eigenvalue weighted by Crippen LogP contribution is -2.09. The molecule has 0 atom stereocenters. The van der Waals surface area contributed by atoms with E-state index in [1.807, 2.05) is 0 Å². The quantitative estimate of drug-likeness (QED) is 0.804. The topological polar surface area (TPSA) is 83.8 Å². The Morgan fingerprint density at radius 3 is 2.67 bits per heavy atom. The lowest BCUT2D eigenvalue weighted by atomic mass is 10.0. The van der Waals surface area contributed by atoms with Gasteiger partial charge in [-0.1, -0.05) is 12.1 Å². The number of benzene rings is 2. The summed E-state index contributed by atoms with van der Waals surface area (Å²) in [5, 5.41) is 19.3. The number of aliphatic carboxylic acids is 1. The molecule has 2 aromatic carbocycles. The number of hydrogen-bond donors (Lipinski definition) is 2. The molecule has 2 N–H and O–H groups in total. The predicted octanol–water partition coefficient (Wildman–Crippen LogP) is 1.82. The normalized spacial score (nSPS) is 10.2. The van der Waals surface area contributed by atoms with Crippen LogP contribution in [0.1, 0.15) is 10.4 Å². The van der Waals surface area contributed by atoms with Gasteiger partial charge in [-0.2, -0.15) is 0 Å². The standard InChI is InChI=1S/C13H10O5/c14-6-11-10-5-9(18-7-13(16)17)3-1-8(10)2-4-12(11)15/h1-6,15H,7H2,(H,16,17). The summed E-state index contributed by atoms with van der Waals surface area (Å²) < 4.78 is 5.02. The number of phenolic OH excluding ortho intramolecular Hbond substituents is 1. The highest BCUT2D eigenvalue weighted by molar-refractivity contribution is 6.01. The number of carbonyl (C=O) groups excluding carboxylic acids is 1. The molecule has 0 amide bonds. The van der Waals surface area contributed by atoms with Gasteiger partial charge in [0.2, 0.25) is 0 Å². The molecule has 0 aliphatic carbocycles. The number of carboxylic acids is 1. The van der Waals surface area contributed by atoms with Crippen LogP contribution in [0.25, 0.3) is 10.8 Å². The molecule has 0 radical (unpaired) electrons. The molecule has 0 saturated carbocycles. The SMILES string of the molecule is O=Cc1c(O)ccc2ccc(OCC(=O)O)cc12. The van der Waals surface area contributed by atoms with Gasteiger partial charge in [-0.25, -0.2) is 4.79 Å². The molecule has 0 aromatic heterocycles. The number of fused-ring (bicyclic) bond motifs is 1. The van der Waals surface area contributed by atoms with Gasteiger partial charge in [0, 0.05) is 0 Å². The zero-order valence-electron chi connectivity index (χ0n) is 9.29. The average Bonchev–Trinajstić information content (AvgIpc) is 2.36. The van der Waals surface area contributed by atoms with Crippen LogP contribution in [0.3, 0.4) is 0 Å². The number of carboxylic acid groups (broad SMARTS) is 1. The molecule has 0 fully saturated rings. The summed E-state index contributed by atoms with van der Waals surface area (Å²) in [6.45, 7) is -0.458. The lowest BCUT2D eigenvalue weighted by molar-refractivity contribution is -0.139. The van der Waals surface area contributed by atoms with E-state index in [-0.39, 0.29) is 11.3 Å². The molecule has 5 nitrogen and oxygen atoms in total. The third kappa shape index (κ3) is 2.24. The van der Waals surface area contributed by atoms with Crippen molar-refractivity contribution in [2.24, 2.45) is 0 Å². The fraction of sp³-hybridized carbons (Fsp3) is 0.0769. The number of aromatic hydroxyl groups is 1. The first-order valence-electron chi connectivity index (χ1n) is 5.17. The smallest absolute Gasteiger partial charge is 0.341 e. The van der Waals surface area contributed by atoms with Crippen molar-refractivity contribution in [3.63, 3.8) is 0 Å². The van der Waals surface area contributed by atoms with Crippen LogP contribution >= 0.6 is 0 Å². The van der Waals surface area contributed by atoms with E-state index in [4.69, 9.17) is 9.84 Å². The molecule has 18 heavy (non-hydrogen) atoms. The molecule has 2 aromatic rings. The number of aldehydes is 1. The first-order valence-corrected chi connectivity index (χ1v) is 5.17. The van der Waals surface area contributed by atoms with E-state index < -0.39 is 12.6 Å². The molecule has 92 valence electrons. The van der Waals surface area contributed by atoms with Crippen LogP contribution in [0.4, 0.5) is 0 Å². The van der Waals surface area contributed by atoms with Crippen molar-refractivity contribution >= 4 is 23.0 Å². The summed E-state index contributed by atoms with van der Waals surface area (Å²) in [4.78, 5) is 21.3. The molecule has 0 unspecified atom stereocenters. The van der Waals surface area contributed by atoms with E-state index >= 15 is 0 Å². The third-order valence-electron chi connectivity index (χ3n) is 2.49. The summed E-state index contributed by atoms with van der Waals surface area (Å²) in [5.41, 5.74) is 0.160. The van der Waals surface area contributed by atoms with E-state index in [0.29, 0.717) is 17.4 Å². The Bertz CT molecular complexity index is 618. The molecule has 0 saturated heterocycles. The van der Waals surface area contributed by atoms with E-state index in [0.717, 1.165) is 5.39 Å². The minimum atomic E-state index is -1.08. The minimum Gasteiger partial charge on any atom is -0.507 e. The highest BCUT2D eigenvalue weighted by Crippen LogP contribution is 2.28. The van der Waals surface area contributed by atoms with Crippen molar-refractivity contribution in [3.05, 3.63) is 35.9 Å². The summed E-state index contributed by atoms with van der Waals surface area (Å²) in [7, 11) is 0. The fourth-order valence-electron chi connectivity index (χ4n) is 1.67. The van der Waals surface area contributed by atoms with Crippen LogP contribution in [0, 0.1) is 0 Å². The Hall–Kier alpha value is -2.56. The number of carbonyl (C=O) groups is 2. The van der Waals surface area contributed by atoms with Crippen LogP contribution < -0.4 is 4.74 Å². The first kappa shape index (κ1) is 11.9. The molecule has 0 bridgehead atoms. The lowest BCUT2D eigenvalue weighted by Gasteiger charge is -2.07. The van der Waals surface area contributed by atoms with Gasteiger partial charge < -0.3 is 14.9 Å².